The van der Waals surface area contributed by atoms with Crippen molar-refractivity contribution in [1.82, 2.24) is 18.9 Å². The quantitative estimate of drug-likeness (QED) is 0.475. The summed E-state index contributed by atoms with van der Waals surface area (Å²) < 4.78 is 47.7. The van der Waals surface area contributed by atoms with Crippen LogP contribution in [0.1, 0.15) is 38.8 Å². The van der Waals surface area contributed by atoms with Gasteiger partial charge in [0.25, 0.3) is 0 Å². The number of halogens is 1. The van der Waals surface area contributed by atoms with Gasteiger partial charge in [0.05, 0.1) is 6.54 Å². The molecule has 34 heavy (non-hydrogen) atoms. The Morgan fingerprint density at radius 3 is 2.29 bits per heavy atom. The van der Waals surface area contributed by atoms with Gasteiger partial charge in [0.2, 0.25) is 10.0 Å². The number of aromatic nitrogens is 2. The summed E-state index contributed by atoms with van der Waals surface area (Å²) in [6.07, 6.45) is 0. The highest BCUT2D eigenvalue weighted by molar-refractivity contribution is 7.89. The number of piperazine rings is 1. The third kappa shape index (κ3) is 4.70. The maximum absolute atomic E-state index is 13.2. The van der Waals surface area contributed by atoms with Gasteiger partial charge in [-0.25, -0.2) is 12.8 Å². The first-order valence-corrected chi connectivity index (χ1v) is 12.6. The lowest BCUT2D eigenvalue weighted by Gasteiger charge is -2.33. The third-order valence-electron chi connectivity index (χ3n) is 6.39. The number of hydrogen-bond acceptors (Lipinski definition) is 6. The Labute approximate surface area is 199 Å². The van der Waals surface area contributed by atoms with E-state index >= 15 is 0 Å². The molecule has 0 spiro atoms. The van der Waals surface area contributed by atoms with E-state index in [1.807, 2.05) is 24.8 Å². The van der Waals surface area contributed by atoms with Gasteiger partial charge < -0.3 is 9.09 Å². The second-order valence-electron chi connectivity index (χ2n) is 8.75. The lowest BCUT2D eigenvalue weighted by Crippen LogP contribution is -2.49. The average molecular weight is 489 g/mol. The summed E-state index contributed by atoms with van der Waals surface area (Å²) in [5.74, 6) is 0.00625. The SMILES string of the molecule is Cc1noc(C)c1S(=O)(=O)N1CCN(CC(=O)c2cc(C)n(Cc3ccc(F)cc3)c2C)CC1. The minimum absolute atomic E-state index is 0.000451. The van der Waals surface area contributed by atoms with E-state index in [-0.39, 0.29) is 28.8 Å². The molecule has 3 heterocycles. The van der Waals surface area contributed by atoms with E-state index in [4.69, 9.17) is 4.52 Å². The van der Waals surface area contributed by atoms with E-state index in [0.29, 0.717) is 44.0 Å². The molecule has 0 amide bonds. The minimum atomic E-state index is -3.69. The van der Waals surface area contributed by atoms with Crippen LogP contribution < -0.4 is 0 Å². The largest absolute Gasteiger partial charge is 0.360 e. The molecule has 182 valence electrons. The van der Waals surface area contributed by atoms with Gasteiger partial charge in [0, 0.05) is 49.7 Å². The highest BCUT2D eigenvalue weighted by atomic mass is 32.2. The molecule has 0 N–H and O–H groups in total. The number of hydrogen-bond donors (Lipinski definition) is 0. The first-order chi connectivity index (χ1) is 16.1. The minimum Gasteiger partial charge on any atom is -0.360 e. The van der Waals surface area contributed by atoms with Crippen LogP contribution in [0, 0.1) is 33.5 Å². The molecule has 0 saturated carbocycles. The van der Waals surface area contributed by atoms with E-state index in [0.717, 1.165) is 17.0 Å². The zero-order valence-corrected chi connectivity index (χ0v) is 20.7. The highest BCUT2D eigenvalue weighted by Crippen LogP contribution is 2.24. The van der Waals surface area contributed by atoms with Crippen molar-refractivity contribution >= 4 is 15.8 Å². The van der Waals surface area contributed by atoms with Crippen molar-refractivity contribution < 1.29 is 22.1 Å². The van der Waals surface area contributed by atoms with E-state index < -0.39 is 10.0 Å². The molecule has 2 aromatic heterocycles. The Morgan fingerprint density at radius 1 is 1.06 bits per heavy atom. The number of sulfonamides is 1. The van der Waals surface area contributed by atoms with E-state index in [9.17, 15) is 17.6 Å². The molecule has 0 unspecified atom stereocenters. The number of ketones is 1. The lowest BCUT2D eigenvalue weighted by molar-refractivity contribution is 0.0901. The van der Waals surface area contributed by atoms with Gasteiger partial charge in [-0.05, 0) is 51.5 Å². The van der Waals surface area contributed by atoms with Gasteiger partial charge in [-0.15, -0.1) is 0 Å². The molecule has 0 radical (unpaired) electrons. The molecule has 1 aliphatic heterocycles. The summed E-state index contributed by atoms with van der Waals surface area (Å²) >= 11 is 0. The van der Waals surface area contributed by atoms with Crippen LogP contribution in [0.5, 0.6) is 0 Å². The Hall–Kier alpha value is -2.82. The molecule has 1 saturated heterocycles. The molecular weight excluding hydrogens is 459 g/mol. The van der Waals surface area contributed by atoms with Gasteiger partial charge in [0.15, 0.2) is 11.5 Å². The Kier molecular flexibility index (Phi) is 6.75. The Bertz CT molecular complexity index is 1280. The molecule has 0 aliphatic carbocycles. The summed E-state index contributed by atoms with van der Waals surface area (Å²) in [6.45, 7) is 9.37. The molecule has 0 atom stereocenters. The van der Waals surface area contributed by atoms with Crippen LogP contribution in [-0.2, 0) is 16.6 Å². The maximum atomic E-state index is 13.2. The number of rotatable bonds is 7. The number of aryl methyl sites for hydroxylation is 3. The zero-order valence-electron chi connectivity index (χ0n) is 19.8. The highest BCUT2D eigenvalue weighted by Gasteiger charge is 2.33. The number of benzene rings is 1. The summed E-state index contributed by atoms with van der Waals surface area (Å²) in [7, 11) is -3.69. The molecule has 1 fully saturated rings. The van der Waals surface area contributed by atoms with Crippen molar-refractivity contribution in [2.75, 3.05) is 32.7 Å². The third-order valence-corrected chi connectivity index (χ3v) is 8.54. The number of Topliss-reactive ketones (excluding diaryl/α,β-unsaturated/α-hetero) is 1. The molecule has 0 bridgehead atoms. The van der Waals surface area contributed by atoms with Crippen LogP contribution in [0.15, 0.2) is 39.8 Å². The monoisotopic (exact) mass is 488 g/mol. The predicted molar refractivity (Wildman–Crippen MR) is 125 cm³/mol. The van der Waals surface area contributed by atoms with E-state index in [2.05, 4.69) is 9.72 Å². The Morgan fingerprint density at radius 2 is 1.71 bits per heavy atom. The van der Waals surface area contributed by atoms with Crippen LogP contribution in [0.4, 0.5) is 4.39 Å². The number of carbonyl (C=O) groups excluding carboxylic acids is 1. The molecule has 10 heteroatoms. The fraction of sp³-hybridized carbons (Fsp3) is 0.417. The van der Waals surface area contributed by atoms with Crippen LogP contribution in [0.2, 0.25) is 0 Å². The second kappa shape index (κ2) is 9.44. The van der Waals surface area contributed by atoms with Gasteiger partial charge in [-0.2, -0.15) is 4.31 Å². The molecule has 1 aliphatic rings. The van der Waals surface area contributed by atoms with E-state index in [1.165, 1.54) is 16.4 Å². The van der Waals surface area contributed by atoms with Crippen molar-refractivity contribution in [3.63, 3.8) is 0 Å². The van der Waals surface area contributed by atoms with Crippen molar-refractivity contribution in [3.05, 3.63) is 70.1 Å². The zero-order chi connectivity index (χ0) is 24.6. The van der Waals surface area contributed by atoms with Crippen LogP contribution in [-0.4, -0.2) is 65.9 Å². The Balaban J connectivity index is 1.40. The molecule has 3 aromatic rings. The summed E-state index contributed by atoms with van der Waals surface area (Å²) in [5, 5.41) is 3.76. The maximum Gasteiger partial charge on any atom is 0.248 e. The standard InChI is InChI=1S/C24H29FN4O4S/c1-16-13-22(18(3)29(16)14-20-5-7-21(25)8-6-20)23(30)15-27-9-11-28(12-10-27)34(31,32)24-17(2)26-33-19(24)4/h5-8,13H,9-12,14-15H2,1-4H3. The van der Waals surface area contributed by atoms with Crippen molar-refractivity contribution in [3.8, 4) is 0 Å². The topological polar surface area (TPSA) is 88.7 Å². The fourth-order valence-electron chi connectivity index (χ4n) is 4.49. The summed E-state index contributed by atoms with van der Waals surface area (Å²) in [5.41, 5.74) is 3.79. The van der Waals surface area contributed by atoms with Crippen molar-refractivity contribution in [2.24, 2.45) is 0 Å². The second-order valence-corrected chi connectivity index (χ2v) is 10.6. The average Bonchev–Trinajstić information content (AvgIpc) is 3.28. The molecular formula is C24H29FN4O4S. The smallest absolute Gasteiger partial charge is 0.248 e. The summed E-state index contributed by atoms with van der Waals surface area (Å²) in [4.78, 5) is 15.2. The normalized spacial score (nSPS) is 15.7. The van der Waals surface area contributed by atoms with Gasteiger partial charge in [0.1, 0.15) is 16.4 Å². The first kappa shape index (κ1) is 24.3. The fourth-order valence-corrected chi connectivity index (χ4v) is 6.20. The predicted octanol–water partition coefficient (Wildman–Crippen LogP) is 3.09. The van der Waals surface area contributed by atoms with Crippen molar-refractivity contribution in [2.45, 2.75) is 39.1 Å². The van der Waals surface area contributed by atoms with Crippen LogP contribution in [0.25, 0.3) is 0 Å². The van der Waals surface area contributed by atoms with Gasteiger partial charge >= 0.3 is 0 Å². The van der Waals surface area contributed by atoms with Crippen LogP contribution >= 0.6 is 0 Å². The van der Waals surface area contributed by atoms with Crippen LogP contribution in [0.3, 0.4) is 0 Å². The molecule has 8 nitrogen and oxygen atoms in total. The molecule has 4 rings (SSSR count). The van der Waals surface area contributed by atoms with E-state index in [1.54, 1.807) is 26.0 Å². The van der Waals surface area contributed by atoms with Gasteiger partial charge in [-0.1, -0.05) is 17.3 Å². The van der Waals surface area contributed by atoms with Crippen molar-refractivity contribution in [1.29, 1.82) is 0 Å². The molecule has 1 aromatic carbocycles. The first-order valence-electron chi connectivity index (χ1n) is 11.2. The lowest BCUT2D eigenvalue weighted by atomic mass is 10.1. The number of carbonyl (C=O) groups is 1. The number of nitrogens with zero attached hydrogens (tertiary/aromatic N) is 4. The van der Waals surface area contributed by atoms with Gasteiger partial charge in [-0.3, -0.25) is 9.69 Å². The summed E-state index contributed by atoms with van der Waals surface area (Å²) in [6, 6.07) is 8.24.